The van der Waals surface area contributed by atoms with Crippen LogP contribution in [0.4, 0.5) is 5.69 Å². The summed E-state index contributed by atoms with van der Waals surface area (Å²) in [7, 11) is 5.18. The minimum absolute atomic E-state index is 0.248. The molecule has 104 valence electrons. The minimum atomic E-state index is -1.23. The molecule has 0 spiro atoms. The number of pyridine rings is 1. The van der Waals surface area contributed by atoms with Crippen molar-refractivity contribution >= 4 is 22.6 Å². The molecule has 0 saturated heterocycles. The second kappa shape index (κ2) is 5.12. The Morgan fingerprint density at radius 1 is 1.35 bits per heavy atom. The minimum Gasteiger partial charge on any atom is -0.477 e. The molecule has 7 heteroatoms. The van der Waals surface area contributed by atoms with Crippen molar-refractivity contribution in [1.82, 2.24) is 9.58 Å². The molecule has 1 aromatic heterocycles. The first-order chi connectivity index (χ1) is 9.40. The molecule has 0 amide bonds. The highest BCUT2D eigenvalue weighted by Crippen LogP contribution is 2.19. The number of benzene rings is 1. The Morgan fingerprint density at radius 2 is 2.05 bits per heavy atom. The van der Waals surface area contributed by atoms with E-state index in [0.29, 0.717) is 16.6 Å². The SMILES string of the molecule is CN(C)N=Nc1ccc2c(=O)c(C(=O)O)cn(C)c2c1. The Hall–Kier alpha value is -2.70. The molecule has 0 bridgehead atoms. The average Bonchev–Trinajstić information content (AvgIpc) is 2.40. The van der Waals surface area contributed by atoms with Crippen LogP contribution in [-0.4, -0.2) is 34.7 Å². The van der Waals surface area contributed by atoms with Crippen molar-refractivity contribution in [2.45, 2.75) is 0 Å². The van der Waals surface area contributed by atoms with Crippen LogP contribution in [0.5, 0.6) is 0 Å². The first-order valence-corrected chi connectivity index (χ1v) is 5.86. The van der Waals surface area contributed by atoms with Crippen molar-refractivity contribution in [2.24, 2.45) is 17.4 Å². The monoisotopic (exact) mass is 274 g/mol. The maximum absolute atomic E-state index is 12.0. The summed E-state index contributed by atoms with van der Waals surface area (Å²) < 4.78 is 1.59. The van der Waals surface area contributed by atoms with Crippen LogP contribution in [0.15, 0.2) is 39.5 Å². The lowest BCUT2D eigenvalue weighted by atomic mass is 10.1. The summed E-state index contributed by atoms with van der Waals surface area (Å²) in [4.78, 5) is 23.1. The fraction of sp³-hybridized carbons (Fsp3) is 0.231. The van der Waals surface area contributed by atoms with E-state index in [9.17, 15) is 9.59 Å². The van der Waals surface area contributed by atoms with Gasteiger partial charge in [0, 0.05) is 32.7 Å². The van der Waals surface area contributed by atoms with Crippen molar-refractivity contribution in [2.75, 3.05) is 14.1 Å². The average molecular weight is 274 g/mol. The van der Waals surface area contributed by atoms with Crippen molar-refractivity contribution in [1.29, 1.82) is 0 Å². The van der Waals surface area contributed by atoms with Crippen molar-refractivity contribution < 1.29 is 9.90 Å². The van der Waals surface area contributed by atoms with Gasteiger partial charge < -0.3 is 9.67 Å². The fourth-order valence-electron chi connectivity index (χ4n) is 1.83. The lowest BCUT2D eigenvalue weighted by molar-refractivity contribution is 0.0695. The molecule has 0 aliphatic carbocycles. The van der Waals surface area contributed by atoms with E-state index < -0.39 is 11.4 Å². The van der Waals surface area contributed by atoms with Gasteiger partial charge in [0.25, 0.3) is 0 Å². The van der Waals surface area contributed by atoms with Crippen LogP contribution in [0.2, 0.25) is 0 Å². The molecule has 0 radical (unpaired) electrons. The van der Waals surface area contributed by atoms with Crippen LogP contribution in [0.25, 0.3) is 10.9 Å². The zero-order chi connectivity index (χ0) is 14.9. The molecule has 0 aliphatic heterocycles. The van der Waals surface area contributed by atoms with Gasteiger partial charge in [0.05, 0.1) is 11.2 Å². The lowest BCUT2D eigenvalue weighted by Crippen LogP contribution is -2.17. The molecule has 0 saturated carbocycles. The number of rotatable bonds is 3. The Bertz CT molecular complexity index is 762. The normalized spacial score (nSPS) is 11.2. The summed E-state index contributed by atoms with van der Waals surface area (Å²) in [5, 5.41) is 18.8. The lowest BCUT2D eigenvalue weighted by Gasteiger charge is -2.07. The van der Waals surface area contributed by atoms with Gasteiger partial charge in [-0.15, -0.1) is 5.11 Å². The first kappa shape index (κ1) is 13.7. The van der Waals surface area contributed by atoms with Gasteiger partial charge in [-0.05, 0) is 18.2 Å². The molecule has 7 nitrogen and oxygen atoms in total. The smallest absolute Gasteiger partial charge is 0.341 e. The van der Waals surface area contributed by atoms with Gasteiger partial charge in [-0.1, -0.05) is 5.22 Å². The van der Waals surface area contributed by atoms with E-state index in [4.69, 9.17) is 5.11 Å². The number of aromatic carboxylic acids is 1. The molecular formula is C13H14N4O3. The van der Waals surface area contributed by atoms with Crippen LogP contribution < -0.4 is 5.43 Å². The van der Waals surface area contributed by atoms with E-state index in [-0.39, 0.29) is 5.56 Å². The molecule has 0 aliphatic rings. The number of aromatic nitrogens is 1. The van der Waals surface area contributed by atoms with Crippen LogP contribution >= 0.6 is 0 Å². The molecule has 0 atom stereocenters. The van der Waals surface area contributed by atoms with E-state index in [1.807, 2.05) is 0 Å². The number of nitrogens with zero attached hydrogens (tertiary/aromatic N) is 4. The zero-order valence-corrected chi connectivity index (χ0v) is 11.4. The number of carboxylic acid groups (broad SMARTS) is 1. The van der Waals surface area contributed by atoms with Gasteiger partial charge >= 0.3 is 5.97 Å². The maximum Gasteiger partial charge on any atom is 0.341 e. The number of hydrogen-bond acceptors (Lipinski definition) is 4. The molecule has 2 aromatic rings. The van der Waals surface area contributed by atoms with Crippen LogP contribution in [0.3, 0.4) is 0 Å². The number of aryl methyl sites for hydroxylation is 1. The second-order valence-electron chi connectivity index (χ2n) is 4.53. The predicted molar refractivity (Wildman–Crippen MR) is 74.4 cm³/mol. The molecule has 20 heavy (non-hydrogen) atoms. The number of carbonyl (C=O) groups is 1. The van der Waals surface area contributed by atoms with Gasteiger partial charge in [-0.2, -0.15) is 0 Å². The van der Waals surface area contributed by atoms with E-state index in [0.717, 1.165) is 0 Å². The Balaban J connectivity index is 2.66. The summed E-state index contributed by atoms with van der Waals surface area (Å²) in [6.45, 7) is 0. The number of hydrogen-bond donors (Lipinski definition) is 1. The summed E-state index contributed by atoms with van der Waals surface area (Å²) in [6, 6.07) is 4.88. The zero-order valence-electron chi connectivity index (χ0n) is 11.4. The topological polar surface area (TPSA) is 87.3 Å². The third-order valence-electron chi connectivity index (χ3n) is 2.74. The van der Waals surface area contributed by atoms with Crippen LogP contribution in [0, 0.1) is 0 Å². The molecule has 2 rings (SSSR count). The van der Waals surface area contributed by atoms with E-state index in [1.54, 1.807) is 48.9 Å². The Labute approximate surface area is 114 Å². The highest BCUT2D eigenvalue weighted by atomic mass is 16.4. The largest absolute Gasteiger partial charge is 0.477 e. The number of carboxylic acids is 1. The highest BCUT2D eigenvalue weighted by molar-refractivity contribution is 5.93. The summed E-state index contributed by atoms with van der Waals surface area (Å²) in [6.07, 6.45) is 1.31. The van der Waals surface area contributed by atoms with Crippen LogP contribution in [-0.2, 0) is 7.05 Å². The Kier molecular flexibility index (Phi) is 3.51. The summed E-state index contributed by atoms with van der Waals surface area (Å²) in [5.74, 6) is -1.23. The van der Waals surface area contributed by atoms with Gasteiger partial charge in [0.2, 0.25) is 5.43 Å². The molecule has 1 N–H and O–H groups in total. The first-order valence-electron chi connectivity index (χ1n) is 5.86. The maximum atomic E-state index is 12.0. The standard InChI is InChI=1S/C13H14N4O3/c1-16(2)15-14-8-4-5-9-11(6-8)17(3)7-10(12(9)18)13(19)20/h4-7H,1-3H3,(H,19,20). The Morgan fingerprint density at radius 3 is 2.65 bits per heavy atom. The van der Waals surface area contributed by atoms with E-state index in [1.165, 1.54) is 6.20 Å². The predicted octanol–water partition coefficient (Wildman–Crippen LogP) is 1.80. The summed E-state index contributed by atoms with van der Waals surface area (Å²) >= 11 is 0. The molecule has 0 unspecified atom stereocenters. The fourth-order valence-corrected chi connectivity index (χ4v) is 1.83. The van der Waals surface area contributed by atoms with Gasteiger partial charge in [-0.3, -0.25) is 9.80 Å². The van der Waals surface area contributed by atoms with Gasteiger partial charge in [0.1, 0.15) is 5.56 Å². The van der Waals surface area contributed by atoms with E-state index >= 15 is 0 Å². The van der Waals surface area contributed by atoms with Gasteiger partial charge in [0.15, 0.2) is 0 Å². The number of fused-ring (bicyclic) bond motifs is 1. The second-order valence-corrected chi connectivity index (χ2v) is 4.53. The van der Waals surface area contributed by atoms with Crippen molar-refractivity contribution in [3.05, 3.63) is 40.2 Å². The quantitative estimate of drug-likeness (QED) is 0.682. The van der Waals surface area contributed by atoms with Crippen molar-refractivity contribution in [3.63, 3.8) is 0 Å². The van der Waals surface area contributed by atoms with Crippen LogP contribution in [0.1, 0.15) is 10.4 Å². The molecular weight excluding hydrogens is 260 g/mol. The molecule has 1 heterocycles. The third kappa shape index (κ3) is 2.51. The summed E-state index contributed by atoms with van der Waals surface area (Å²) in [5.41, 5.74) is 0.448. The van der Waals surface area contributed by atoms with Gasteiger partial charge in [-0.25, -0.2) is 4.79 Å². The van der Waals surface area contributed by atoms with E-state index in [2.05, 4.69) is 10.3 Å². The highest BCUT2D eigenvalue weighted by Gasteiger charge is 2.13. The molecule has 1 aromatic carbocycles. The van der Waals surface area contributed by atoms with Crippen molar-refractivity contribution in [3.8, 4) is 0 Å². The molecule has 0 fully saturated rings. The third-order valence-corrected chi connectivity index (χ3v) is 2.74.